The van der Waals surface area contributed by atoms with Gasteiger partial charge in [-0.25, -0.2) is 4.39 Å². The molecule has 0 radical (unpaired) electrons. The first-order chi connectivity index (χ1) is 8.75. The van der Waals surface area contributed by atoms with Crippen LogP contribution in [-0.2, 0) is 11.8 Å². The fourth-order valence-corrected chi connectivity index (χ4v) is 3.53. The van der Waals surface area contributed by atoms with Crippen molar-refractivity contribution < 1.29 is 22.7 Å². The predicted molar refractivity (Wildman–Crippen MR) is 66.5 cm³/mol. The van der Waals surface area contributed by atoms with Crippen molar-refractivity contribution >= 4 is 11.8 Å². The summed E-state index contributed by atoms with van der Waals surface area (Å²) in [5.41, 5.74) is -2.33. The van der Waals surface area contributed by atoms with Crippen molar-refractivity contribution in [1.82, 2.24) is 0 Å². The third-order valence-electron chi connectivity index (χ3n) is 3.52. The number of hydrogen-bond acceptors (Lipinski definition) is 2. The molecule has 6 heteroatoms. The number of alkyl halides is 3. The van der Waals surface area contributed by atoms with Crippen molar-refractivity contribution in [2.75, 3.05) is 5.75 Å². The van der Waals surface area contributed by atoms with Crippen molar-refractivity contribution in [3.05, 3.63) is 35.1 Å². The molecule has 1 aromatic carbocycles. The van der Waals surface area contributed by atoms with Gasteiger partial charge < -0.3 is 5.11 Å². The molecule has 0 amide bonds. The SMILES string of the molecule is CC1SCCCC1(O)c1ccc(C(F)(F)F)c(F)c1. The summed E-state index contributed by atoms with van der Waals surface area (Å²) in [7, 11) is 0. The monoisotopic (exact) mass is 294 g/mol. The van der Waals surface area contributed by atoms with Crippen LogP contribution < -0.4 is 0 Å². The number of hydrogen-bond donors (Lipinski definition) is 1. The summed E-state index contributed by atoms with van der Waals surface area (Å²) in [6.07, 6.45) is -3.52. The Bertz CT molecular complexity index is 474. The zero-order valence-electron chi connectivity index (χ0n) is 10.3. The van der Waals surface area contributed by atoms with Gasteiger partial charge in [-0.2, -0.15) is 24.9 Å². The van der Waals surface area contributed by atoms with E-state index in [4.69, 9.17) is 0 Å². The predicted octanol–water partition coefficient (Wildman–Crippen LogP) is 3.95. The minimum atomic E-state index is -4.71. The van der Waals surface area contributed by atoms with E-state index in [9.17, 15) is 22.7 Å². The Labute approximate surface area is 113 Å². The fourth-order valence-electron chi connectivity index (χ4n) is 2.34. The van der Waals surface area contributed by atoms with Gasteiger partial charge in [0.2, 0.25) is 0 Å². The molecule has 0 aliphatic carbocycles. The van der Waals surface area contributed by atoms with Gasteiger partial charge in [0.25, 0.3) is 0 Å². The summed E-state index contributed by atoms with van der Waals surface area (Å²) < 4.78 is 51.0. The van der Waals surface area contributed by atoms with Crippen LogP contribution in [0.15, 0.2) is 18.2 Å². The number of thioether (sulfide) groups is 1. The number of halogens is 4. The molecule has 1 aromatic rings. The lowest BCUT2D eigenvalue weighted by atomic mass is 9.85. The quantitative estimate of drug-likeness (QED) is 0.791. The van der Waals surface area contributed by atoms with Crippen molar-refractivity contribution in [3.63, 3.8) is 0 Å². The third kappa shape index (κ3) is 2.74. The molecule has 106 valence electrons. The van der Waals surface area contributed by atoms with Crippen LogP contribution in [0, 0.1) is 5.82 Å². The molecular formula is C13H14F4OS. The van der Waals surface area contributed by atoms with Gasteiger partial charge in [0, 0.05) is 5.25 Å². The van der Waals surface area contributed by atoms with Gasteiger partial charge in [0.05, 0.1) is 5.56 Å². The fraction of sp³-hybridized carbons (Fsp3) is 0.538. The first-order valence-electron chi connectivity index (χ1n) is 5.96. The Kier molecular flexibility index (Phi) is 3.84. The molecule has 1 aliphatic heterocycles. The molecule has 0 aromatic heterocycles. The molecule has 2 rings (SSSR count). The summed E-state index contributed by atoms with van der Waals surface area (Å²) in [4.78, 5) is 0. The molecular weight excluding hydrogens is 280 g/mol. The zero-order chi connectivity index (χ0) is 14.3. The maximum Gasteiger partial charge on any atom is 0.419 e. The molecule has 1 fully saturated rings. The highest BCUT2D eigenvalue weighted by molar-refractivity contribution is 8.00. The van der Waals surface area contributed by atoms with Gasteiger partial charge in [-0.1, -0.05) is 13.0 Å². The Morgan fingerprint density at radius 3 is 2.58 bits per heavy atom. The van der Waals surface area contributed by atoms with E-state index < -0.39 is 23.2 Å². The average molecular weight is 294 g/mol. The van der Waals surface area contributed by atoms with Crippen LogP contribution in [-0.4, -0.2) is 16.1 Å². The standard InChI is InChI=1S/C13H14F4OS/c1-8-12(18,5-2-6-19-8)9-3-4-10(11(14)7-9)13(15,16)17/h3-4,7-8,18H,2,5-6H2,1H3. The van der Waals surface area contributed by atoms with Gasteiger partial charge in [-0.05, 0) is 36.3 Å². The summed E-state index contributed by atoms with van der Waals surface area (Å²) in [5.74, 6) is -0.437. The molecule has 2 unspecified atom stereocenters. The molecule has 1 saturated heterocycles. The van der Waals surface area contributed by atoms with Crippen LogP contribution in [0.5, 0.6) is 0 Å². The van der Waals surface area contributed by atoms with E-state index in [1.165, 1.54) is 6.07 Å². The van der Waals surface area contributed by atoms with Gasteiger partial charge in [-0.15, -0.1) is 0 Å². The Hall–Kier alpha value is -0.750. The maximum atomic E-state index is 13.6. The topological polar surface area (TPSA) is 20.2 Å². The highest BCUT2D eigenvalue weighted by atomic mass is 32.2. The summed E-state index contributed by atoms with van der Waals surface area (Å²) in [6, 6.07) is 2.69. The van der Waals surface area contributed by atoms with Crippen molar-refractivity contribution in [2.45, 2.75) is 36.8 Å². The molecule has 0 bridgehead atoms. The van der Waals surface area contributed by atoms with Crippen molar-refractivity contribution in [1.29, 1.82) is 0 Å². The maximum absolute atomic E-state index is 13.6. The van der Waals surface area contributed by atoms with Crippen LogP contribution in [0.2, 0.25) is 0 Å². The molecule has 0 spiro atoms. The van der Waals surface area contributed by atoms with E-state index in [1.54, 1.807) is 18.7 Å². The summed E-state index contributed by atoms with van der Waals surface area (Å²) in [5, 5.41) is 10.4. The van der Waals surface area contributed by atoms with Crippen LogP contribution >= 0.6 is 11.8 Å². The normalized spacial score (nSPS) is 28.4. The lowest BCUT2D eigenvalue weighted by molar-refractivity contribution is -0.140. The van der Waals surface area contributed by atoms with Crippen LogP contribution in [0.3, 0.4) is 0 Å². The van der Waals surface area contributed by atoms with Crippen LogP contribution in [0.25, 0.3) is 0 Å². The van der Waals surface area contributed by atoms with E-state index in [1.807, 2.05) is 0 Å². The summed E-state index contributed by atoms with van der Waals surface area (Å²) in [6.45, 7) is 1.80. The molecule has 1 aliphatic rings. The lowest BCUT2D eigenvalue weighted by Crippen LogP contribution is -2.39. The molecule has 2 atom stereocenters. The Morgan fingerprint density at radius 1 is 1.37 bits per heavy atom. The van der Waals surface area contributed by atoms with Crippen LogP contribution in [0.1, 0.15) is 30.9 Å². The van der Waals surface area contributed by atoms with Crippen LogP contribution in [0.4, 0.5) is 17.6 Å². The zero-order valence-corrected chi connectivity index (χ0v) is 11.1. The number of rotatable bonds is 1. The number of benzene rings is 1. The van der Waals surface area contributed by atoms with Gasteiger partial charge in [0.15, 0.2) is 0 Å². The molecule has 1 N–H and O–H groups in total. The molecule has 19 heavy (non-hydrogen) atoms. The minimum absolute atomic E-state index is 0.169. The molecule has 1 heterocycles. The lowest BCUT2D eigenvalue weighted by Gasteiger charge is -2.38. The highest BCUT2D eigenvalue weighted by Crippen LogP contribution is 2.42. The third-order valence-corrected chi connectivity index (χ3v) is 4.93. The van der Waals surface area contributed by atoms with E-state index in [-0.39, 0.29) is 10.8 Å². The van der Waals surface area contributed by atoms with E-state index in [0.29, 0.717) is 12.5 Å². The first kappa shape index (κ1) is 14.7. The van der Waals surface area contributed by atoms with Gasteiger partial charge in [-0.3, -0.25) is 0 Å². The van der Waals surface area contributed by atoms with Crippen molar-refractivity contribution in [2.24, 2.45) is 0 Å². The van der Waals surface area contributed by atoms with E-state index in [2.05, 4.69) is 0 Å². The van der Waals surface area contributed by atoms with Crippen molar-refractivity contribution in [3.8, 4) is 0 Å². The average Bonchev–Trinajstić information content (AvgIpc) is 2.31. The number of aliphatic hydroxyl groups is 1. The summed E-state index contributed by atoms with van der Waals surface area (Å²) >= 11 is 1.54. The van der Waals surface area contributed by atoms with E-state index in [0.717, 1.165) is 18.2 Å². The van der Waals surface area contributed by atoms with Gasteiger partial charge in [0.1, 0.15) is 11.4 Å². The second-order valence-corrected chi connectivity index (χ2v) is 6.18. The second kappa shape index (κ2) is 4.98. The second-order valence-electron chi connectivity index (χ2n) is 4.73. The Morgan fingerprint density at radius 2 is 2.05 bits per heavy atom. The minimum Gasteiger partial charge on any atom is -0.384 e. The van der Waals surface area contributed by atoms with E-state index >= 15 is 0 Å². The molecule has 0 saturated carbocycles. The smallest absolute Gasteiger partial charge is 0.384 e. The molecule has 1 nitrogen and oxygen atoms in total. The first-order valence-corrected chi connectivity index (χ1v) is 7.01. The van der Waals surface area contributed by atoms with Gasteiger partial charge >= 0.3 is 6.18 Å². The largest absolute Gasteiger partial charge is 0.419 e. The highest BCUT2D eigenvalue weighted by Gasteiger charge is 2.40. The Balaban J connectivity index is 2.39.